The minimum Gasteiger partial charge on any atom is -0.325 e. The molecule has 0 unspecified atom stereocenters. The van der Waals surface area contributed by atoms with Crippen LogP contribution in [0.25, 0.3) is 0 Å². The third-order valence-corrected chi connectivity index (χ3v) is 5.38. The molecule has 0 aromatic carbocycles. The second-order valence-electron chi connectivity index (χ2n) is 8.12. The molecule has 0 aromatic rings. The van der Waals surface area contributed by atoms with Gasteiger partial charge in [-0.1, -0.05) is 90.9 Å². The zero-order chi connectivity index (χ0) is 15.1. The monoisotopic (exact) mass is 342 g/mol. The summed E-state index contributed by atoms with van der Waals surface area (Å²) in [5.74, 6) is 5.47. The van der Waals surface area contributed by atoms with Crippen molar-refractivity contribution >= 4 is 0 Å². The zero-order valence-electron chi connectivity index (χ0n) is 15.6. The molecule has 0 bridgehead atoms. The molecule has 0 radical (unpaired) electrons. The van der Waals surface area contributed by atoms with Gasteiger partial charge < -0.3 is 12.8 Å². The van der Waals surface area contributed by atoms with Crippen molar-refractivity contribution in [1.29, 1.82) is 0 Å². The molecule has 2 fully saturated rings. The predicted octanol–water partition coefficient (Wildman–Crippen LogP) is 6.56. The van der Waals surface area contributed by atoms with Crippen LogP contribution in [-0.2, 0) is 19.5 Å². The molecule has 0 aromatic heterocycles. The van der Waals surface area contributed by atoms with Crippen LogP contribution in [0.4, 0.5) is 0 Å². The van der Waals surface area contributed by atoms with E-state index in [9.17, 15) is 0 Å². The molecule has 2 aliphatic carbocycles. The van der Waals surface area contributed by atoms with Gasteiger partial charge in [0, 0.05) is 0 Å². The maximum absolute atomic E-state index is 2.53. The number of hydrogen-bond donors (Lipinski definition) is 0. The first-order chi connectivity index (χ1) is 9.40. The van der Waals surface area contributed by atoms with Crippen molar-refractivity contribution in [2.45, 2.75) is 80.1 Å². The summed E-state index contributed by atoms with van der Waals surface area (Å²) >= 11 is 0. The first-order valence-corrected chi connectivity index (χ1v) is 9.06. The van der Waals surface area contributed by atoms with Crippen LogP contribution in [0.5, 0.6) is 0 Å². The van der Waals surface area contributed by atoms with Gasteiger partial charge in [0.2, 0.25) is 0 Å². The Morgan fingerprint density at radius 2 is 1.00 bits per heavy atom. The summed E-state index contributed by atoms with van der Waals surface area (Å²) in [5, 5.41) is 0. The molecule has 2 rings (SSSR count). The fourth-order valence-electron chi connectivity index (χ4n) is 3.45. The summed E-state index contributed by atoms with van der Waals surface area (Å²) in [6.45, 7) is 14.0. The molecule has 0 amide bonds. The van der Waals surface area contributed by atoms with Gasteiger partial charge in [-0.15, -0.1) is 0 Å². The fourth-order valence-corrected chi connectivity index (χ4v) is 3.45. The predicted molar refractivity (Wildman–Crippen MR) is 91.3 cm³/mol. The third kappa shape index (κ3) is 8.73. The molecule has 4 atom stereocenters. The van der Waals surface area contributed by atoms with Crippen molar-refractivity contribution in [3.05, 3.63) is 12.8 Å². The summed E-state index contributed by atoms with van der Waals surface area (Å²) in [7, 11) is 0. The van der Waals surface area contributed by atoms with Crippen LogP contribution < -0.4 is 0 Å². The standard InChI is InChI=1S/2C10H19.Zn/c2*1-8(2)10-6-4-9(3)5-7-10;/h2*6,8-10H,4-5,7H2,1-3H3;/q2*-1;+2/t2*9-,10-;/m00./s1. The van der Waals surface area contributed by atoms with E-state index >= 15 is 0 Å². The summed E-state index contributed by atoms with van der Waals surface area (Å²) in [4.78, 5) is 0. The van der Waals surface area contributed by atoms with E-state index in [-0.39, 0.29) is 19.5 Å². The van der Waals surface area contributed by atoms with Gasteiger partial charge in [-0.2, -0.15) is 24.7 Å². The molecule has 2 saturated carbocycles. The normalized spacial score (nSPS) is 33.1. The van der Waals surface area contributed by atoms with Crippen LogP contribution in [0, 0.1) is 48.3 Å². The summed E-state index contributed by atoms with van der Waals surface area (Å²) in [6.07, 6.45) is 13.5. The molecule has 0 heterocycles. The maximum atomic E-state index is 2.53. The van der Waals surface area contributed by atoms with Crippen LogP contribution in [-0.4, -0.2) is 0 Å². The van der Waals surface area contributed by atoms with E-state index in [0.29, 0.717) is 0 Å². The molecule has 0 aliphatic heterocycles. The first-order valence-electron chi connectivity index (χ1n) is 9.06. The molecule has 21 heavy (non-hydrogen) atoms. The van der Waals surface area contributed by atoms with E-state index in [4.69, 9.17) is 0 Å². The van der Waals surface area contributed by atoms with E-state index < -0.39 is 0 Å². The van der Waals surface area contributed by atoms with Gasteiger partial charge in [0.15, 0.2) is 0 Å². The van der Waals surface area contributed by atoms with E-state index in [1.165, 1.54) is 38.5 Å². The van der Waals surface area contributed by atoms with Gasteiger partial charge in [0.05, 0.1) is 0 Å². The molecular formula is C20H38Zn. The molecule has 0 saturated heterocycles. The third-order valence-electron chi connectivity index (χ3n) is 5.38. The Balaban J connectivity index is 0.000000364. The minimum atomic E-state index is 0. The second-order valence-corrected chi connectivity index (χ2v) is 8.12. The quantitative estimate of drug-likeness (QED) is 0.393. The van der Waals surface area contributed by atoms with Gasteiger partial charge in [-0.3, -0.25) is 0 Å². The molecule has 2 aliphatic rings. The zero-order valence-corrected chi connectivity index (χ0v) is 18.5. The summed E-state index contributed by atoms with van der Waals surface area (Å²) in [6, 6.07) is 0. The van der Waals surface area contributed by atoms with Gasteiger partial charge in [0.25, 0.3) is 0 Å². The Morgan fingerprint density at radius 3 is 1.19 bits per heavy atom. The Kier molecular flexibility index (Phi) is 11.5. The van der Waals surface area contributed by atoms with Crippen molar-refractivity contribution in [2.24, 2.45) is 35.5 Å². The molecule has 0 nitrogen and oxygen atoms in total. The maximum Gasteiger partial charge on any atom is 2.00 e. The van der Waals surface area contributed by atoms with Crippen molar-refractivity contribution in [1.82, 2.24) is 0 Å². The van der Waals surface area contributed by atoms with Crippen molar-refractivity contribution in [2.75, 3.05) is 0 Å². The van der Waals surface area contributed by atoms with Gasteiger partial charge >= 0.3 is 19.5 Å². The van der Waals surface area contributed by atoms with Crippen LogP contribution in [0.1, 0.15) is 80.1 Å². The SMILES string of the molecule is CC(C)[C@H]1[CH-]C[C@H](C)CC1.CC(C)[C@H]1[CH-]C[C@H](C)CC1.[Zn+2]. The minimum absolute atomic E-state index is 0. The average molecular weight is 344 g/mol. The molecule has 120 valence electrons. The summed E-state index contributed by atoms with van der Waals surface area (Å²) < 4.78 is 0. The van der Waals surface area contributed by atoms with Crippen LogP contribution in [0.3, 0.4) is 0 Å². The average Bonchev–Trinajstić information content (AvgIpc) is 2.40. The Bertz CT molecular complexity index is 204. The van der Waals surface area contributed by atoms with Crippen molar-refractivity contribution < 1.29 is 19.5 Å². The van der Waals surface area contributed by atoms with E-state index in [2.05, 4.69) is 54.4 Å². The van der Waals surface area contributed by atoms with E-state index in [0.717, 1.165) is 35.5 Å². The van der Waals surface area contributed by atoms with Crippen LogP contribution in [0.2, 0.25) is 0 Å². The van der Waals surface area contributed by atoms with Gasteiger partial charge in [-0.05, 0) is 0 Å². The van der Waals surface area contributed by atoms with Gasteiger partial charge in [0.1, 0.15) is 0 Å². The molecule has 1 heteroatoms. The first kappa shape index (κ1) is 21.6. The topological polar surface area (TPSA) is 0 Å². The van der Waals surface area contributed by atoms with Crippen LogP contribution >= 0.6 is 0 Å². The number of hydrogen-bond acceptors (Lipinski definition) is 0. The Hall–Kier alpha value is 0.623. The van der Waals surface area contributed by atoms with Gasteiger partial charge in [-0.25, -0.2) is 0 Å². The molecule has 0 N–H and O–H groups in total. The van der Waals surface area contributed by atoms with Crippen molar-refractivity contribution in [3.8, 4) is 0 Å². The van der Waals surface area contributed by atoms with E-state index in [1.54, 1.807) is 0 Å². The van der Waals surface area contributed by atoms with Crippen LogP contribution in [0.15, 0.2) is 0 Å². The molecular weight excluding hydrogens is 306 g/mol. The Labute approximate surface area is 148 Å². The second kappa shape index (κ2) is 11.2. The summed E-state index contributed by atoms with van der Waals surface area (Å²) in [5.41, 5.74) is 0. The van der Waals surface area contributed by atoms with Crippen molar-refractivity contribution in [3.63, 3.8) is 0 Å². The largest absolute Gasteiger partial charge is 2.00 e. The van der Waals surface area contributed by atoms with E-state index in [1.807, 2.05) is 0 Å². The fraction of sp³-hybridized carbons (Fsp3) is 0.900. The molecule has 0 spiro atoms. The Morgan fingerprint density at radius 1 is 0.667 bits per heavy atom. The number of rotatable bonds is 2. The smallest absolute Gasteiger partial charge is 0.325 e.